The zero-order chi connectivity index (χ0) is 23.3. The number of nitrogens with one attached hydrogen (secondary N) is 1. The molecule has 2 aromatic rings. The number of anilines is 1. The Bertz CT molecular complexity index is 1150. The minimum absolute atomic E-state index is 0.111. The van der Waals surface area contributed by atoms with E-state index in [9.17, 15) is 13.2 Å². The van der Waals surface area contributed by atoms with Gasteiger partial charge in [-0.15, -0.1) is 11.8 Å². The summed E-state index contributed by atoms with van der Waals surface area (Å²) in [4.78, 5) is 13.9. The van der Waals surface area contributed by atoms with Crippen molar-refractivity contribution in [3.8, 4) is 17.6 Å². The van der Waals surface area contributed by atoms with Crippen LogP contribution >= 0.6 is 11.8 Å². The van der Waals surface area contributed by atoms with Crippen LogP contribution in [0.5, 0.6) is 11.5 Å². The fourth-order valence-corrected chi connectivity index (χ4v) is 6.18. The van der Waals surface area contributed by atoms with Crippen molar-refractivity contribution in [2.24, 2.45) is 5.92 Å². The summed E-state index contributed by atoms with van der Waals surface area (Å²) >= 11 is 1.53. The molecule has 0 aromatic heterocycles. The van der Waals surface area contributed by atoms with Gasteiger partial charge in [0.2, 0.25) is 15.9 Å². The SMILES string of the molecule is N#CCCSc1ccccc1NC(=O)C1CCN(S(=O)(=O)c2ccc3c(c2)OCCO3)CC1. The lowest BCUT2D eigenvalue weighted by molar-refractivity contribution is -0.120. The van der Waals surface area contributed by atoms with Crippen LogP contribution in [0, 0.1) is 17.2 Å². The lowest BCUT2D eigenvalue weighted by atomic mass is 9.97. The first-order valence-corrected chi connectivity index (χ1v) is 13.2. The summed E-state index contributed by atoms with van der Waals surface area (Å²) in [6.07, 6.45) is 1.32. The molecule has 174 valence electrons. The van der Waals surface area contributed by atoms with Crippen LogP contribution < -0.4 is 14.8 Å². The number of rotatable bonds is 7. The van der Waals surface area contributed by atoms with Crippen LogP contribution in [0.25, 0.3) is 0 Å². The zero-order valence-corrected chi connectivity index (χ0v) is 19.7. The van der Waals surface area contributed by atoms with Crippen LogP contribution in [-0.2, 0) is 14.8 Å². The summed E-state index contributed by atoms with van der Waals surface area (Å²) in [6, 6.07) is 14.3. The number of sulfonamides is 1. The van der Waals surface area contributed by atoms with Crippen LogP contribution in [0.2, 0.25) is 0 Å². The average molecular weight is 488 g/mol. The number of fused-ring (bicyclic) bond motifs is 1. The molecule has 10 heteroatoms. The van der Waals surface area contributed by atoms with Crippen LogP contribution in [0.4, 0.5) is 5.69 Å². The van der Waals surface area contributed by atoms with E-state index in [1.807, 2.05) is 24.3 Å². The number of para-hydroxylation sites is 1. The molecule has 0 saturated carbocycles. The summed E-state index contributed by atoms with van der Waals surface area (Å²) in [5.74, 6) is 1.25. The second-order valence-corrected chi connectivity index (χ2v) is 10.8. The maximum Gasteiger partial charge on any atom is 0.243 e. The molecule has 0 bridgehead atoms. The average Bonchev–Trinajstić information content (AvgIpc) is 2.85. The van der Waals surface area contributed by atoms with Crippen molar-refractivity contribution < 1.29 is 22.7 Å². The molecule has 1 amide bonds. The third-order valence-corrected chi connectivity index (χ3v) is 8.56. The Hall–Kier alpha value is -2.74. The molecule has 1 fully saturated rings. The van der Waals surface area contributed by atoms with Crippen LogP contribution in [-0.4, -0.2) is 50.7 Å². The first-order valence-electron chi connectivity index (χ1n) is 10.8. The van der Waals surface area contributed by atoms with E-state index in [4.69, 9.17) is 14.7 Å². The van der Waals surface area contributed by atoms with E-state index in [2.05, 4.69) is 11.4 Å². The van der Waals surface area contributed by atoms with Crippen molar-refractivity contribution in [3.05, 3.63) is 42.5 Å². The number of carbonyl (C=O) groups excluding carboxylic acids is 1. The van der Waals surface area contributed by atoms with E-state index in [-0.39, 0.29) is 29.8 Å². The lowest BCUT2D eigenvalue weighted by Gasteiger charge is -2.31. The highest BCUT2D eigenvalue weighted by Crippen LogP contribution is 2.34. The first kappa shape index (κ1) is 23.4. The largest absolute Gasteiger partial charge is 0.486 e. The van der Waals surface area contributed by atoms with Gasteiger partial charge in [-0.05, 0) is 37.1 Å². The van der Waals surface area contributed by atoms with Gasteiger partial charge in [0.15, 0.2) is 11.5 Å². The highest BCUT2D eigenvalue weighted by Gasteiger charge is 2.33. The molecule has 2 aliphatic rings. The van der Waals surface area contributed by atoms with E-state index >= 15 is 0 Å². The first-order chi connectivity index (χ1) is 16.0. The summed E-state index contributed by atoms with van der Waals surface area (Å²) in [7, 11) is -3.69. The number of carbonyl (C=O) groups is 1. The molecule has 0 unspecified atom stereocenters. The quantitative estimate of drug-likeness (QED) is 0.470. The van der Waals surface area contributed by atoms with Gasteiger partial charge < -0.3 is 14.8 Å². The summed E-state index contributed by atoms with van der Waals surface area (Å²) in [6.45, 7) is 1.37. The predicted molar refractivity (Wildman–Crippen MR) is 125 cm³/mol. The number of hydrogen-bond donors (Lipinski definition) is 1. The molecule has 8 nitrogen and oxygen atoms in total. The lowest BCUT2D eigenvalue weighted by Crippen LogP contribution is -2.41. The number of ether oxygens (including phenoxy) is 2. The molecule has 0 atom stereocenters. The smallest absolute Gasteiger partial charge is 0.243 e. The number of piperidine rings is 1. The van der Waals surface area contributed by atoms with Crippen LogP contribution in [0.15, 0.2) is 52.3 Å². The van der Waals surface area contributed by atoms with Crippen molar-refractivity contribution in [2.75, 3.05) is 37.4 Å². The van der Waals surface area contributed by atoms with Gasteiger partial charge in [-0.2, -0.15) is 9.57 Å². The van der Waals surface area contributed by atoms with Gasteiger partial charge in [0.25, 0.3) is 0 Å². The number of hydrogen-bond acceptors (Lipinski definition) is 7. The predicted octanol–water partition coefficient (Wildman–Crippen LogP) is 3.50. The number of benzene rings is 2. The van der Waals surface area contributed by atoms with E-state index < -0.39 is 10.0 Å². The standard InChI is InChI=1S/C23H25N3O5S2/c24-10-3-15-32-22-5-2-1-4-19(22)25-23(27)17-8-11-26(12-9-17)33(28,29)18-6-7-20-21(16-18)31-14-13-30-20/h1-2,4-7,16-17H,3,8-9,11-15H2,(H,25,27). The van der Waals surface area contributed by atoms with Gasteiger partial charge >= 0.3 is 0 Å². The molecule has 2 aliphatic heterocycles. The van der Waals surface area contributed by atoms with Crippen molar-refractivity contribution in [3.63, 3.8) is 0 Å². The molecule has 2 heterocycles. The molecule has 2 aromatic carbocycles. The molecule has 0 spiro atoms. The molecular weight excluding hydrogens is 462 g/mol. The second-order valence-electron chi connectivity index (χ2n) is 7.73. The Morgan fingerprint density at radius 2 is 1.85 bits per heavy atom. The van der Waals surface area contributed by atoms with E-state index in [1.54, 1.807) is 6.07 Å². The minimum atomic E-state index is -3.69. The molecule has 0 radical (unpaired) electrons. The third kappa shape index (κ3) is 5.43. The topological polar surface area (TPSA) is 109 Å². The van der Waals surface area contributed by atoms with Gasteiger partial charge in [-0.1, -0.05) is 12.1 Å². The van der Waals surface area contributed by atoms with Gasteiger partial charge in [0.05, 0.1) is 16.7 Å². The maximum atomic E-state index is 13.1. The maximum absolute atomic E-state index is 13.1. The van der Waals surface area contributed by atoms with Gasteiger partial charge in [0.1, 0.15) is 13.2 Å². The Morgan fingerprint density at radius 1 is 1.12 bits per heavy atom. The second kappa shape index (κ2) is 10.5. The number of thioether (sulfide) groups is 1. The van der Waals surface area contributed by atoms with Crippen molar-refractivity contribution in [1.82, 2.24) is 4.31 Å². The van der Waals surface area contributed by atoms with Crippen molar-refractivity contribution in [2.45, 2.75) is 29.1 Å². The van der Waals surface area contributed by atoms with Crippen LogP contribution in [0.3, 0.4) is 0 Å². The number of nitriles is 1. The molecule has 33 heavy (non-hydrogen) atoms. The number of nitrogens with zero attached hydrogens (tertiary/aromatic N) is 2. The van der Waals surface area contributed by atoms with Crippen LogP contribution in [0.1, 0.15) is 19.3 Å². The summed E-state index contributed by atoms with van der Waals surface area (Å²) in [5, 5.41) is 11.7. The van der Waals surface area contributed by atoms with Gasteiger partial charge in [0, 0.05) is 42.1 Å². The Labute approximate surface area is 197 Å². The third-order valence-electron chi connectivity index (χ3n) is 5.59. The number of amides is 1. The minimum Gasteiger partial charge on any atom is -0.486 e. The van der Waals surface area contributed by atoms with Crippen molar-refractivity contribution >= 4 is 33.4 Å². The fraction of sp³-hybridized carbons (Fsp3) is 0.391. The van der Waals surface area contributed by atoms with Gasteiger partial charge in [-0.3, -0.25) is 4.79 Å². The van der Waals surface area contributed by atoms with E-state index in [1.165, 1.54) is 28.2 Å². The fourth-order valence-electron chi connectivity index (χ4n) is 3.83. The normalized spacial score (nSPS) is 16.7. The van der Waals surface area contributed by atoms with Crippen molar-refractivity contribution in [1.29, 1.82) is 5.26 Å². The molecule has 4 rings (SSSR count). The summed E-state index contributed by atoms with van der Waals surface area (Å²) < 4.78 is 38.6. The molecule has 0 aliphatic carbocycles. The Morgan fingerprint density at radius 3 is 2.61 bits per heavy atom. The van der Waals surface area contributed by atoms with Gasteiger partial charge in [-0.25, -0.2) is 8.42 Å². The van der Waals surface area contributed by atoms with E-state index in [0.29, 0.717) is 49.7 Å². The molecular formula is C23H25N3O5S2. The monoisotopic (exact) mass is 487 g/mol. The Kier molecular flexibility index (Phi) is 7.42. The van der Waals surface area contributed by atoms with E-state index in [0.717, 1.165) is 10.6 Å². The summed E-state index contributed by atoms with van der Waals surface area (Å²) in [5.41, 5.74) is 0.719. The highest BCUT2D eigenvalue weighted by atomic mass is 32.2. The highest BCUT2D eigenvalue weighted by molar-refractivity contribution is 7.99. The molecule has 1 saturated heterocycles. The Balaban J connectivity index is 1.37. The molecule has 1 N–H and O–H groups in total. The zero-order valence-electron chi connectivity index (χ0n) is 18.0.